The topological polar surface area (TPSA) is 259 Å². The first kappa shape index (κ1) is 53.1. The summed E-state index contributed by atoms with van der Waals surface area (Å²) >= 11 is 0. The number of amides is 5. The van der Waals surface area contributed by atoms with E-state index in [1.54, 1.807) is 48.5 Å². The maximum Gasteiger partial charge on any atom is 0.417 e. The van der Waals surface area contributed by atoms with Crippen molar-refractivity contribution >= 4 is 41.5 Å². The summed E-state index contributed by atoms with van der Waals surface area (Å²) in [6.07, 6.45) is -0.220. The highest BCUT2D eigenvalue weighted by Gasteiger charge is 2.55. The van der Waals surface area contributed by atoms with Crippen LogP contribution in [0.3, 0.4) is 0 Å². The minimum Gasteiger partial charge on any atom is -0.467 e. The van der Waals surface area contributed by atoms with Gasteiger partial charge in [0, 0.05) is 11.8 Å². The van der Waals surface area contributed by atoms with E-state index >= 15 is 0 Å². The zero-order chi connectivity index (χ0) is 48.2. The van der Waals surface area contributed by atoms with Gasteiger partial charge in [0.05, 0.1) is 20.3 Å². The number of carbonyl (C=O) groups is 7. The van der Waals surface area contributed by atoms with Gasteiger partial charge in [-0.3, -0.25) is 24.0 Å². The van der Waals surface area contributed by atoms with Gasteiger partial charge in [-0.05, 0) is 83.3 Å². The molecule has 2 aromatic rings. The number of Topliss-reactive ketones (excluding diaryl/α,β-unsaturated/α-hetero) is 1. The Bertz CT molecular complexity index is 1920. The van der Waals surface area contributed by atoms with Crippen molar-refractivity contribution in [2.24, 2.45) is 35.1 Å². The second-order valence-electron chi connectivity index (χ2n) is 18.4. The number of nitrogens with zero attached hydrogens (tertiary/aromatic N) is 1. The van der Waals surface area contributed by atoms with Crippen LogP contribution in [-0.4, -0.2) is 106 Å². The number of benzene rings is 2. The lowest BCUT2D eigenvalue weighted by atomic mass is 9.71. The third-order valence-electron chi connectivity index (χ3n) is 11.6. The number of aliphatic hydroxyl groups is 1. The number of esters is 1. The molecule has 1 aliphatic carbocycles. The third-order valence-corrected chi connectivity index (χ3v) is 11.6. The van der Waals surface area contributed by atoms with Crippen LogP contribution < -0.4 is 27.4 Å². The number of nitrogens with two attached hydrogens (primary N) is 2. The first-order valence-corrected chi connectivity index (χ1v) is 21.9. The Hall–Kier alpha value is -5.23. The third kappa shape index (κ3) is 13.9. The number of rotatable bonds is 21. The molecule has 3 rings (SSSR count). The number of hydrogen-bond acceptors (Lipinski definition) is 13. The molecule has 1 saturated carbocycles. The minimum atomic E-state index is -2.16. The van der Waals surface area contributed by atoms with Gasteiger partial charge < -0.3 is 46.7 Å². The van der Waals surface area contributed by atoms with Crippen molar-refractivity contribution in [3.8, 4) is 0 Å². The molecule has 0 heterocycles. The van der Waals surface area contributed by atoms with Gasteiger partial charge in [0.15, 0.2) is 11.3 Å². The van der Waals surface area contributed by atoms with E-state index in [0.29, 0.717) is 11.3 Å². The molecule has 1 fully saturated rings. The fourth-order valence-electron chi connectivity index (χ4n) is 7.75. The highest BCUT2D eigenvalue weighted by atomic mass is 16.6. The second kappa shape index (κ2) is 23.1. The maximum atomic E-state index is 14.8. The van der Waals surface area contributed by atoms with E-state index in [1.807, 2.05) is 60.7 Å². The molecule has 64 heavy (non-hydrogen) atoms. The number of hydrogen-bond donors (Lipinski definition) is 6. The van der Waals surface area contributed by atoms with Crippen LogP contribution in [-0.2, 0) is 56.0 Å². The van der Waals surface area contributed by atoms with Crippen LogP contribution in [0.1, 0.15) is 99.1 Å². The van der Waals surface area contributed by atoms with Crippen LogP contribution in [0.5, 0.6) is 0 Å². The summed E-state index contributed by atoms with van der Waals surface area (Å²) in [5.41, 5.74) is 9.09. The zero-order valence-electron chi connectivity index (χ0n) is 39.0. The first-order valence-electron chi connectivity index (χ1n) is 21.9. The van der Waals surface area contributed by atoms with E-state index in [4.69, 9.17) is 25.7 Å². The van der Waals surface area contributed by atoms with Crippen molar-refractivity contribution in [3.05, 3.63) is 71.8 Å². The first-order chi connectivity index (χ1) is 29.9. The molecule has 17 nitrogen and oxygen atoms in total. The molecular weight excluding hydrogens is 825 g/mol. The van der Waals surface area contributed by atoms with E-state index in [-0.39, 0.29) is 38.9 Å². The summed E-state index contributed by atoms with van der Waals surface area (Å²) in [5.74, 6) is -8.25. The van der Waals surface area contributed by atoms with Gasteiger partial charge in [-0.2, -0.15) is 0 Å². The van der Waals surface area contributed by atoms with E-state index in [9.17, 15) is 38.7 Å². The van der Waals surface area contributed by atoms with Crippen molar-refractivity contribution < 1.29 is 52.9 Å². The van der Waals surface area contributed by atoms with E-state index in [0.717, 1.165) is 11.1 Å². The molecule has 0 aromatic heterocycles. The predicted molar refractivity (Wildman–Crippen MR) is 238 cm³/mol. The summed E-state index contributed by atoms with van der Waals surface area (Å²) < 4.78 is 16.0. The molecule has 4 unspecified atom stereocenters. The number of ether oxygens (including phenoxy) is 3. The Balaban J connectivity index is 1.96. The fraction of sp³-hybridized carbons (Fsp3) is 0.596. The highest BCUT2D eigenvalue weighted by Crippen LogP contribution is 2.43. The zero-order valence-corrected chi connectivity index (χ0v) is 39.0. The SMILES string of the molecule is COC(=O)C(NC(=O)[C@@](N)(C(=O)C1CCCC1C(O)(CCc1ccccc1)NC(=O)[C@H](C)N(C(=O)OC(C)(C)C)C(=O)[C@H](C)NC(=O)[C@@H](N)COCc1ccccc1)C(C)C)C(C)C. The molecule has 0 bridgehead atoms. The molecule has 2 aromatic carbocycles. The molecule has 8 atom stereocenters. The van der Waals surface area contributed by atoms with Crippen molar-refractivity contribution in [3.63, 3.8) is 0 Å². The van der Waals surface area contributed by atoms with E-state index < -0.39 is 106 Å². The van der Waals surface area contributed by atoms with Crippen molar-refractivity contribution in [2.75, 3.05) is 13.7 Å². The lowest BCUT2D eigenvalue weighted by Gasteiger charge is -2.42. The molecule has 0 spiro atoms. The molecule has 8 N–H and O–H groups in total. The summed E-state index contributed by atoms with van der Waals surface area (Å²) in [4.78, 5) is 97.5. The standard InChI is InChI=1S/C47H70N6O11/c1-28(2)37(42(58)62-10)51-43(59)47(49,29(3)4)38(54)34-22-17-23-35(34)46(61,25-24-32-18-13-11-14-19-32)52-39(55)31(6)53(44(60)64-45(7,8)9)41(57)30(5)50-40(56)36(48)27-63-26-33-20-15-12-16-21-33/h11-16,18-21,28-31,34-37,61H,17,22-27,48-49H2,1-10H3,(H,50,56)(H,51,59)(H,52,55)/t30-,31-,34?,35?,36-,37?,46?,47-/m0/s1. The monoisotopic (exact) mass is 895 g/mol. The number of imide groups is 1. The van der Waals surface area contributed by atoms with E-state index in [2.05, 4.69) is 16.0 Å². The normalized spacial score (nSPS) is 18.9. The molecule has 5 amide bonds. The molecule has 0 aliphatic heterocycles. The predicted octanol–water partition coefficient (Wildman–Crippen LogP) is 3.28. The quantitative estimate of drug-likeness (QED) is 0.0598. The van der Waals surface area contributed by atoms with Crippen LogP contribution in [0.4, 0.5) is 4.79 Å². The van der Waals surface area contributed by atoms with Gasteiger partial charge in [-0.1, -0.05) is 94.8 Å². The Morgan fingerprint density at radius 1 is 0.844 bits per heavy atom. The molecule has 17 heteroatoms. The summed E-state index contributed by atoms with van der Waals surface area (Å²) in [5, 5.41) is 20.6. The van der Waals surface area contributed by atoms with Gasteiger partial charge in [0.25, 0.3) is 5.91 Å². The average molecular weight is 895 g/mol. The van der Waals surface area contributed by atoms with Crippen molar-refractivity contribution in [2.45, 2.75) is 142 Å². The molecule has 354 valence electrons. The molecule has 0 saturated heterocycles. The Labute approximate surface area is 377 Å². The van der Waals surface area contributed by atoms with Gasteiger partial charge in [-0.15, -0.1) is 0 Å². The lowest BCUT2D eigenvalue weighted by molar-refractivity contribution is -0.154. The highest BCUT2D eigenvalue weighted by molar-refractivity contribution is 6.12. The molecule has 1 aliphatic rings. The largest absolute Gasteiger partial charge is 0.467 e. The van der Waals surface area contributed by atoms with E-state index in [1.165, 1.54) is 21.0 Å². The Morgan fingerprint density at radius 3 is 1.95 bits per heavy atom. The van der Waals surface area contributed by atoms with Crippen LogP contribution >= 0.6 is 0 Å². The van der Waals surface area contributed by atoms with Gasteiger partial charge >= 0.3 is 12.1 Å². The smallest absolute Gasteiger partial charge is 0.417 e. The number of carbonyl (C=O) groups excluding carboxylic acids is 7. The number of aryl methyl sites for hydroxylation is 1. The Morgan fingerprint density at radius 2 is 1.42 bits per heavy atom. The van der Waals surface area contributed by atoms with Crippen LogP contribution in [0.25, 0.3) is 0 Å². The number of ketones is 1. The summed E-state index contributed by atoms with van der Waals surface area (Å²) in [6.45, 7) is 13.9. The van der Waals surface area contributed by atoms with Crippen LogP contribution in [0, 0.1) is 23.7 Å². The number of nitrogens with one attached hydrogen (secondary N) is 3. The van der Waals surface area contributed by atoms with Gasteiger partial charge in [0.2, 0.25) is 17.7 Å². The van der Waals surface area contributed by atoms with Gasteiger partial charge in [-0.25, -0.2) is 14.5 Å². The second-order valence-corrected chi connectivity index (χ2v) is 18.4. The van der Waals surface area contributed by atoms with Crippen molar-refractivity contribution in [1.29, 1.82) is 0 Å². The Kier molecular flexibility index (Phi) is 19.2. The number of methoxy groups -OCH3 is 1. The van der Waals surface area contributed by atoms with Crippen LogP contribution in [0.15, 0.2) is 60.7 Å². The van der Waals surface area contributed by atoms with Gasteiger partial charge in [0.1, 0.15) is 35.5 Å². The van der Waals surface area contributed by atoms with Crippen LogP contribution in [0.2, 0.25) is 0 Å². The summed E-state index contributed by atoms with van der Waals surface area (Å²) in [7, 11) is 1.19. The fourth-order valence-corrected chi connectivity index (χ4v) is 7.75. The minimum absolute atomic E-state index is 0.121. The average Bonchev–Trinajstić information content (AvgIpc) is 3.75. The lowest BCUT2D eigenvalue weighted by Crippen LogP contribution is -2.68. The maximum absolute atomic E-state index is 14.8. The molecule has 0 radical (unpaired) electrons. The molecular formula is C47H70N6O11. The summed E-state index contributed by atoms with van der Waals surface area (Å²) in [6, 6.07) is 13.0. The van der Waals surface area contributed by atoms with Crippen molar-refractivity contribution in [1.82, 2.24) is 20.9 Å².